The fourth-order valence-electron chi connectivity index (χ4n) is 1.68. The molecule has 2 rings (SSSR count). The summed E-state index contributed by atoms with van der Waals surface area (Å²) >= 11 is 1.47. The highest BCUT2D eigenvalue weighted by atomic mass is 32.1. The number of hydrogen-bond acceptors (Lipinski definition) is 4. The van der Waals surface area contributed by atoms with E-state index in [1.807, 2.05) is 0 Å². The van der Waals surface area contributed by atoms with E-state index in [1.165, 1.54) is 22.0 Å². The van der Waals surface area contributed by atoms with Crippen LogP contribution in [0.2, 0.25) is 0 Å². The summed E-state index contributed by atoms with van der Waals surface area (Å²) in [5.41, 5.74) is 3.52. The van der Waals surface area contributed by atoms with Gasteiger partial charge in [-0.05, 0) is 30.1 Å². The molecule has 0 bridgehead atoms. The summed E-state index contributed by atoms with van der Waals surface area (Å²) in [6.07, 6.45) is 1.07. The zero-order valence-electron chi connectivity index (χ0n) is 10.2. The van der Waals surface area contributed by atoms with Crippen LogP contribution >= 0.6 is 11.5 Å². The molecule has 0 aliphatic heterocycles. The Labute approximate surface area is 106 Å². The monoisotopic (exact) mass is 247 g/mol. The van der Waals surface area contributed by atoms with Gasteiger partial charge < -0.3 is 5.32 Å². The molecule has 0 saturated heterocycles. The smallest absolute Gasteiger partial charge is 0.110 e. The first kappa shape index (κ1) is 12.2. The van der Waals surface area contributed by atoms with Gasteiger partial charge >= 0.3 is 0 Å². The van der Waals surface area contributed by atoms with Gasteiger partial charge in [-0.1, -0.05) is 42.6 Å². The largest absolute Gasteiger partial charge is 0.312 e. The molecule has 2 aromatic rings. The number of hydrogen-bond donors (Lipinski definition) is 1. The average molecular weight is 247 g/mol. The molecule has 0 saturated carbocycles. The first-order chi connectivity index (χ1) is 8.35. The SMILES string of the molecule is CCNCc1snnc1-c1ccc(CC)cc1. The number of benzene rings is 1. The second-order valence-electron chi connectivity index (χ2n) is 3.88. The Bertz CT molecular complexity index is 462. The molecule has 1 heterocycles. The third kappa shape index (κ3) is 2.90. The van der Waals surface area contributed by atoms with Crippen molar-refractivity contribution in [2.45, 2.75) is 26.8 Å². The summed E-state index contributed by atoms with van der Waals surface area (Å²) in [5.74, 6) is 0. The van der Waals surface area contributed by atoms with E-state index in [-0.39, 0.29) is 0 Å². The molecule has 1 N–H and O–H groups in total. The van der Waals surface area contributed by atoms with E-state index in [0.717, 1.165) is 30.8 Å². The summed E-state index contributed by atoms with van der Waals surface area (Å²) in [7, 11) is 0. The van der Waals surface area contributed by atoms with Crippen molar-refractivity contribution in [1.29, 1.82) is 0 Å². The molecule has 0 atom stereocenters. The van der Waals surface area contributed by atoms with E-state index in [1.54, 1.807) is 0 Å². The van der Waals surface area contributed by atoms with Crippen molar-refractivity contribution in [2.24, 2.45) is 0 Å². The molecule has 0 unspecified atom stereocenters. The fourth-order valence-corrected chi connectivity index (χ4v) is 2.31. The molecular weight excluding hydrogens is 230 g/mol. The van der Waals surface area contributed by atoms with Crippen molar-refractivity contribution in [3.63, 3.8) is 0 Å². The standard InChI is InChI=1S/C13H17N3S/c1-3-10-5-7-11(8-6-10)13-12(9-14-4-2)17-16-15-13/h5-8,14H,3-4,9H2,1-2H3. The van der Waals surface area contributed by atoms with Crippen molar-refractivity contribution in [1.82, 2.24) is 14.9 Å². The number of rotatable bonds is 5. The van der Waals surface area contributed by atoms with Gasteiger partial charge in [0.25, 0.3) is 0 Å². The average Bonchev–Trinajstić information content (AvgIpc) is 2.84. The van der Waals surface area contributed by atoms with Crippen LogP contribution < -0.4 is 5.32 Å². The third-order valence-corrected chi connectivity index (χ3v) is 3.45. The molecule has 0 aliphatic carbocycles. The molecule has 90 valence electrons. The Kier molecular flexibility index (Phi) is 4.23. The lowest BCUT2D eigenvalue weighted by Crippen LogP contribution is -2.11. The lowest BCUT2D eigenvalue weighted by atomic mass is 10.1. The molecule has 1 aromatic heterocycles. The molecule has 0 fully saturated rings. The Morgan fingerprint density at radius 3 is 2.59 bits per heavy atom. The van der Waals surface area contributed by atoms with Gasteiger partial charge in [-0.25, -0.2) is 0 Å². The maximum atomic E-state index is 4.22. The van der Waals surface area contributed by atoms with Crippen LogP contribution in [0.5, 0.6) is 0 Å². The van der Waals surface area contributed by atoms with Gasteiger partial charge in [-0.2, -0.15) is 0 Å². The van der Waals surface area contributed by atoms with E-state index in [0.29, 0.717) is 0 Å². The summed E-state index contributed by atoms with van der Waals surface area (Å²) in [6.45, 7) is 6.07. The van der Waals surface area contributed by atoms with Crippen LogP contribution in [-0.2, 0) is 13.0 Å². The summed E-state index contributed by atoms with van der Waals surface area (Å²) in [4.78, 5) is 1.20. The van der Waals surface area contributed by atoms with E-state index in [2.05, 4.69) is 53.0 Å². The predicted octanol–water partition coefficient (Wildman–Crippen LogP) is 2.88. The fraction of sp³-hybridized carbons (Fsp3) is 0.385. The van der Waals surface area contributed by atoms with Gasteiger partial charge in [0.05, 0.1) is 4.88 Å². The van der Waals surface area contributed by atoms with Crippen molar-refractivity contribution >= 4 is 11.5 Å². The maximum absolute atomic E-state index is 4.22. The van der Waals surface area contributed by atoms with Crippen molar-refractivity contribution in [3.8, 4) is 11.3 Å². The number of aryl methyl sites for hydroxylation is 1. The van der Waals surface area contributed by atoms with Crippen LogP contribution in [0, 0.1) is 0 Å². The van der Waals surface area contributed by atoms with Gasteiger partial charge in [0.2, 0.25) is 0 Å². The second-order valence-corrected chi connectivity index (χ2v) is 4.71. The van der Waals surface area contributed by atoms with Crippen molar-refractivity contribution in [3.05, 3.63) is 34.7 Å². The zero-order valence-corrected chi connectivity index (χ0v) is 11.0. The molecule has 0 spiro atoms. The van der Waals surface area contributed by atoms with Crippen LogP contribution in [0.15, 0.2) is 24.3 Å². The summed E-state index contributed by atoms with van der Waals surface area (Å²) in [5, 5.41) is 7.54. The highest BCUT2D eigenvalue weighted by Crippen LogP contribution is 2.24. The van der Waals surface area contributed by atoms with Gasteiger partial charge in [0.1, 0.15) is 5.69 Å². The van der Waals surface area contributed by atoms with Crippen LogP contribution in [0.3, 0.4) is 0 Å². The predicted molar refractivity (Wildman–Crippen MR) is 72.1 cm³/mol. The van der Waals surface area contributed by atoms with E-state index in [4.69, 9.17) is 0 Å². The zero-order chi connectivity index (χ0) is 12.1. The number of nitrogens with zero attached hydrogens (tertiary/aromatic N) is 2. The lowest BCUT2D eigenvalue weighted by molar-refractivity contribution is 0.735. The quantitative estimate of drug-likeness (QED) is 0.883. The van der Waals surface area contributed by atoms with Crippen LogP contribution in [0.1, 0.15) is 24.3 Å². The van der Waals surface area contributed by atoms with Gasteiger partial charge in [0.15, 0.2) is 0 Å². The molecule has 4 heteroatoms. The highest BCUT2D eigenvalue weighted by Gasteiger charge is 2.09. The molecule has 17 heavy (non-hydrogen) atoms. The molecule has 0 amide bonds. The Morgan fingerprint density at radius 1 is 1.18 bits per heavy atom. The Hall–Kier alpha value is -1.26. The minimum atomic E-state index is 0.846. The summed E-state index contributed by atoms with van der Waals surface area (Å²) < 4.78 is 4.05. The van der Waals surface area contributed by atoms with Crippen LogP contribution in [0.4, 0.5) is 0 Å². The van der Waals surface area contributed by atoms with E-state index >= 15 is 0 Å². The van der Waals surface area contributed by atoms with Gasteiger partial charge in [0, 0.05) is 12.1 Å². The first-order valence-electron chi connectivity index (χ1n) is 5.96. The normalized spacial score (nSPS) is 10.7. The minimum absolute atomic E-state index is 0.846. The molecule has 0 radical (unpaired) electrons. The van der Waals surface area contributed by atoms with E-state index < -0.39 is 0 Å². The topological polar surface area (TPSA) is 37.8 Å². The van der Waals surface area contributed by atoms with Crippen LogP contribution in [-0.4, -0.2) is 16.1 Å². The summed E-state index contributed by atoms with van der Waals surface area (Å²) in [6, 6.07) is 8.58. The minimum Gasteiger partial charge on any atom is -0.312 e. The third-order valence-electron chi connectivity index (χ3n) is 2.73. The molecule has 3 nitrogen and oxygen atoms in total. The molecular formula is C13H17N3S. The lowest BCUT2D eigenvalue weighted by Gasteiger charge is -2.03. The molecule has 1 aromatic carbocycles. The van der Waals surface area contributed by atoms with Gasteiger partial charge in [-0.3, -0.25) is 0 Å². The Balaban J connectivity index is 2.23. The molecule has 0 aliphatic rings. The van der Waals surface area contributed by atoms with Crippen molar-refractivity contribution in [2.75, 3.05) is 6.54 Å². The number of nitrogens with one attached hydrogen (secondary N) is 1. The van der Waals surface area contributed by atoms with Gasteiger partial charge in [-0.15, -0.1) is 5.10 Å². The highest BCUT2D eigenvalue weighted by molar-refractivity contribution is 7.05. The maximum Gasteiger partial charge on any atom is 0.110 e. The van der Waals surface area contributed by atoms with E-state index in [9.17, 15) is 0 Å². The Morgan fingerprint density at radius 2 is 1.94 bits per heavy atom. The first-order valence-corrected chi connectivity index (χ1v) is 6.73. The van der Waals surface area contributed by atoms with Crippen LogP contribution in [0.25, 0.3) is 11.3 Å². The van der Waals surface area contributed by atoms with Crippen molar-refractivity contribution < 1.29 is 0 Å². The number of aromatic nitrogens is 2. The second kappa shape index (κ2) is 5.89.